The van der Waals surface area contributed by atoms with Gasteiger partial charge in [0.2, 0.25) is 0 Å². The van der Waals surface area contributed by atoms with Gasteiger partial charge in [0.25, 0.3) is 0 Å². The van der Waals surface area contributed by atoms with E-state index in [4.69, 9.17) is 4.74 Å². The predicted octanol–water partition coefficient (Wildman–Crippen LogP) is 1.42. The van der Waals surface area contributed by atoms with Gasteiger partial charge in [0.15, 0.2) is 11.9 Å². The summed E-state index contributed by atoms with van der Waals surface area (Å²) >= 11 is 3.22. The van der Waals surface area contributed by atoms with Crippen molar-refractivity contribution >= 4 is 21.7 Å². The van der Waals surface area contributed by atoms with E-state index in [1.807, 2.05) is 0 Å². The quantitative estimate of drug-likeness (QED) is 0.644. The van der Waals surface area contributed by atoms with Gasteiger partial charge in [-0.15, -0.1) is 0 Å². The van der Waals surface area contributed by atoms with Crippen LogP contribution < -0.4 is 0 Å². The molecule has 1 rings (SSSR count). The minimum absolute atomic E-state index is 0.0168. The van der Waals surface area contributed by atoms with Crippen LogP contribution in [0.1, 0.15) is 0 Å². The molecular formula is C7H7BrO2. The summed E-state index contributed by atoms with van der Waals surface area (Å²) in [4.78, 5) is 11.0. The lowest BCUT2D eigenvalue weighted by Gasteiger charge is -2.12. The van der Waals surface area contributed by atoms with E-state index < -0.39 is 6.10 Å². The van der Waals surface area contributed by atoms with Gasteiger partial charge in [0.1, 0.15) is 0 Å². The van der Waals surface area contributed by atoms with E-state index in [0.717, 1.165) is 4.48 Å². The third kappa shape index (κ3) is 1.36. The molecule has 0 radical (unpaired) electrons. The van der Waals surface area contributed by atoms with Crippen molar-refractivity contribution in [3.63, 3.8) is 0 Å². The zero-order chi connectivity index (χ0) is 7.56. The standard InChI is InChI=1S/C7H7BrO2/c1-10-7-5(8)3-2-4-6(7)9/h2-4,7H,1H3. The molecule has 0 aliphatic heterocycles. The maximum atomic E-state index is 11.0. The zero-order valence-corrected chi connectivity index (χ0v) is 7.09. The number of halogens is 1. The van der Waals surface area contributed by atoms with Crippen LogP contribution in [0.4, 0.5) is 0 Å². The SMILES string of the molecule is COC1C(=O)C=CC=C1Br. The number of hydrogen-bond donors (Lipinski definition) is 0. The van der Waals surface area contributed by atoms with Gasteiger partial charge in [0.05, 0.1) is 0 Å². The average molecular weight is 203 g/mol. The summed E-state index contributed by atoms with van der Waals surface area (Å²) in [6.45, 7) is 0. The van der Waals surface area contributed by atoms with Gasteiger partial charge >= 0.3 is 0 Å². The van der Waals surface area contributed by atoms with Crippen molar-refractivity contribution in [1.82, 2.24) is 0 Å². The predicted molar refractivity (Wildman–Crippen MR) is 42.0 cm³/mol. The summed E-state index contributed by atoms with van der Waals surface area (Å²) < 4.78 is 5.68. The second kappa shape index (κ2) is 3.12. The van der Waals surface area contributed by atoms with Crippen LogP contribution in [0.3, 0.4) is 0 Å². The molecule has 1 aliphatic rings. The van der Waals surface area contributed by atoms with Gasteiger partial charge in [-0.1, -0.05) is 22.0 Å². The molecule has 0 N–H and O–H groups in total. The number of carbonyl (C=O) groups is 1. The fourth-order valence-corrected chi connectivity index (χ4v) is 1.34. The van der Waals surface area contributed by atoms with Gasteiger partial charge in [-0.3, -0.25) is 4.79 Å². The summed E-state index contributed by atoms with van der Waals surface area (Å²) in [5.41, 5.74) is 0. The first-order valence-corrected chi connectivity index (χ1v) is 3.65. The van der Waals surface area contributed by atoms with Crippen molar-refractivity contribution in [3.05, 3.63) is 22.7 Å². The molecule has 2 nitrogen and oxygen atoms in total. The third-order valence-electron chi connectivity index (χ3n) is 1.26. The molecule has 0 heterocycles. The Morgan fingerprint density at radius 3 is 2.80 bits per heavy atom. The highest BCUT2D eigenvalue weighted by Crippen LogP contribution is 2.18. The molecule has 1 aliphatic carbocycles. The minimum atomic E-state index is -0.426. The Morgan fingerprint density at radius 2 is 2.40 bits per heavy atom. The topological polar surface area (TPSA) is 26.3 Å². The number of carbonyl (C=O) groups excluding carboxylic acids is 1. The highest BCUT2D eigenvalue weighted by molar-refractivity contribution is 9.11. The van der Waals surface area contributed by atoms with E-state index in [0.29, 0.717) is 0 Å². The number of allylic oxidation sites excluding steroid dienone is 2. The molecule has 0 aromatic carbocycles. The van der Waals surface area contributed by atoms with Gasteiger partial charge in [-0.2, -0.15) is 0 Å². The maximum Gasteiger partial charge on any atom is 0.189 e. The van der Waals surface area contributed by atoms with Gasteiger partial charge in [0, 0.05) is 11.6 Å². The number of methoxy groups -OCH3 is 1. The summed E-state index contributed by atoms with van der Waals surface area (Å²) in [6.07, 6.45) is 4.57. The fourth-order valence-electron chi connectivity index (χ4n) is 0.774. The van der Waals surface area contributed by atoms with Crippen LogP contribution in [-0.4, -0.2) is 19.0 Å². The van der Waals surface area contributed by atoms with Crippen LogP contribution in [0.15, 0.2) is 22.7 Å². The summed E-state index contributed by atoms with van der Waals surface area (Å²) in [7, 11) is 1.51. The molecule has 3 heteroatoms. The Morgan fingerprint density at radius 1 is 1.70 bits per heavy atom. The van der Waals surface area contributed by atoms with Crippen molar-refractivity contribution in [3.8, 4) is 0 Å². The number of hydrogen-bond acceptors (Lipinski definition) is 2. The third-order valence-corrected chi connectivity index (χ3v) is 1.94. The monoisotopic (exact) mass is 202 g/mol. The van der Waals surface area contributed by atoms with Crippen LogP contribution in [0.5, 0.6) is 0 Å². The maximum absolute atomic E-state index is 11.0. The van der Waals surface area contributed by atoms with E-state index >= 15 is 0 Å². The van der Waals surface area contributed by atoms with Gasteiger partial charge < -0.3 is 4.74 Å². The van der Waals surface area contributed by atoms with Crippen molar-refractivity contribution in [2.45, 2.75) is 6.10 Å². The molecule has 54 valence electrons. The Bertz CT molecular complexity index is 206. The molecule has 0 aromatic heterocycles. The second-order valence-corrected chi connectivity index (χ2v) is 2.84. The van der Waals surface area contributed by atoms with Crippen LogP contribution in [0.25, 0.3) is 0 Å². The molecule has 0 saturated heterocycles. The van der Waals surface area contributed by atoms with E-state index in [1.165, 1.54) is 13.2 Å². The lowest BCUT2D eigenvalue weighted by molar-refractivity contribution is -0.121. The van der Waals surface area contributed by atoms with Crippen molar-refractivity contribution in [2.75, 3.05) is 7.11 Å². The van der Waals surface area contributed by atoms with Crippen molar-refractivity contribution in [1.29, 1.82) is 0 Å². The lowest BCUT2D eigenvalue weighted by Crippen LogP contribution is -2.22. The van der Waals surface area contributed by atoms with Crippen LogP contribution in [0, 0.1) is 0 Å². The molecule has 0 saturated carbocycles. The molecule has 0 spiro atoms. The average Bonchev–Trinajstić information content (AvgIpc) is 1.88. The van der Waals surface area contributed by atoms with E-state index in [-0.39, 0.29) is 5.78 Å². The summed E-state index contributed by atoms with van der Waals surface area (Å²) in [5.74, 6) is -0.0168. The Balaban J connectivity index is 2.81. The Hall–Kier alpha value is -0.410. The second-order valence-electron chi connectivity index (χ2n) is 1.93. The summed E-state index contributed by atoms with van der Waals surface area (Å²) in [6, 6.07) is 0. The largest absolute Gasteiger partial charge is 0.368 e. The van der Waals surface area contributed by atoms with Crippen molar-refractivity contribution < 1.29 is 9.53 Å². The Kier molecular flexibility index (Phi) is 2.40. The molecule has 1 atom stereocenters. The van der Waals surface area contributed by atoms with E-state index in [1.54, 1.807) is 12.2 Å². The molecule has 0 aromatic rings. The van der Waals surface area contributed by atoms with E-state index in [9.17, 15) is 4.79 Å². The van der Waals surface area contributed by atoms with Crippen LogP contribution in [0.2, 0.25) is 0 Å². The molecule has 1 unspecified atom stereocenters. The van der Waals surface area contributed by atoms with Crippen molar-refractivity contribution in [2.24, 2.45) is 0 Å². The van der Waals surface area contributed by atoms with Gasteiger partial charge in [-0.25, -0.2) is 0 Å². The first kappa shape index (κ1) is 7.69. The normalized spacial score (nSPS) is 24.8. The molecule has 0 fully saturated rings. The molecule has 0 amide bonds. The van der Waals surface area contributed by atoms with Crippen LogP contribution >= 0.6 is 15.9 Å². The smallest absolute Gasteiger partial charge is 0.189 e. The molecule has 10 heavy (non-hydrogen) atoms. The van der Waals surface area contributed by atoms with Gasteiger partial charge in [-0.05, 0) is 12.2 Å². The molecule has 0 bridgehead atoms. The fraction of sp³-hybridized carbons (Fsp3) is 0.286. The summed E-state index contributed by atoms with van der Waals surface area (Å²) in [5, 5.41) is 0. The van der Waals surface area contributed by atoms with E-state index in [2.05, 4.69) is 15.9 Å². The zero-order valence-electron chi connectivity index (χ0n) is 5.50. The lowest BCUT2D eigenvalue weighted by atomic mass is 10.1. The number of rotatable bonds is 1. The molecular weight excluding hydrogens is 196 g/mol. The number of ketones is 1. The minimum Gasteiger partial charge on any atom is -0.368 e. The highest BCUT2D eigenvalue weighted by atomic mass is 79.9. The Labute approximate surface area is 67.7 Å². The first-order valence-electron chi connectivity index (χ1n) is 2.86. The highest BCUT2D eigenvalue weighted by Gasteiger charge is 2.19. The first-order chi connectivity index (χ1) is 4.75. The number of ether oxygens (including phenoxy) is 1. The van der Waals surface area contributed by atoms with Crippen LogP contribution in [-0.2, 0) is 9.53 Å².